The molecule has 0 radical (unpaired) electrons. The van der Waals surface area contributed by atoms with Gasteiger partial charge in [0, 0.05) is 6.54 Å². The Balaban J connectivity index is 2.10. The second-order valence-corrected chi connectivity index (χ2v) is 6.46. The Morgan fingerprint density at radius 2 is 2.20 bits per heavy atom. The molecule has 1 aliphatic heterocycles. The molecule has 1 fully saturated rings. The molecule has 8 heteroatoms. The van der Waals surface area contributed by atoms with E-state index in [9.17, 15) is 13.2 Å². The third kappa shape index (κ3) is 3.11. The molecular weight excluding hydrogens is 291 g/mol. The van der Waals surface area contributed by atoms with Gasteiger partial charge in [-0.15, -0.1) is 0 Å². The summed E-state index contributed by atoms with van der Waals surface area (Å²) in [7, 11) is 0. The quantitative estimate of drug-likeness (QED) is 0.906. The van der Waals surface area contributed by atoms with Gasteiger partial charge in [0.15, 0.2) is 11.2 Å². The molecule has 2 rings (SSSR count). The maximum absolute atomic E-state index is 13.3. The zero-order valence-electron chi connectivity index (χ0n) is 11.5. The summed E-state index contributed by atoms with van der Waals surface area (Å²) < 4.78 is 44.8. The van der Waals surface area contributed by atoms with Gasteiger partial charge in [-0.25, -0.2) is 0 Å². The van der Waals surface area contributed by atoms with Crippen molar-refractivity contribution in [2.75, 3.05) is 18.8 Å². The first-order chi connectivity index (χ1) is 9.35. The van der Waals surface area contributed by atoms with Crippen molar-refractivity contribution in [2.45, 2.75) is 37.6 Å². The van der Waals surface area contributed by atoms with Crippen LogP contribution in [0.2, 0.25) is 0 Å². The summed E-state index contributed by atoms with van der Waals surface area (Å²) in [5.74, 6) is 1.93. The first-order valence-corrected chi connectivity index (χ1v) is 7.69. The summed E-state index contributed by atoms with van der Waals surface area (Å²) in [6.45, 7) is 4.27. The maximum atomic E-state index is 13.3. The predicted molar refractivity (Wildman–Crippen MR) is 70.5 cm³/mol. The Morgan fingerprint density at radius 3 is 2.75 bits per heavy atom. The van der Waals surface area contributed by atoms with Crippen LogP contribution in [0.4, 0.5) is 13.2 Å². The third-order valence-electron chi connectivity index (χ3n) is 3.26. The molecule has 0 spiro atoms. The van der Waals surface area contributed by atoms with Gasteiger partial charge < -0.3 is 9.84 Å². The summed E-state index contributed by atoms with van der Waals surface area (Å²) in [5.41, 5.74) is -2.03. The number of thioether (sulfide) groups is 1. The fourth-order valence-corrected chi connectivity index (χ4v) is 3.02. The van der Waals surface area contributed by atoms with Crippen molar-refractivity contribution in [1.29, 1.82) is 0 Å². The molecule has 4 nitrogen and oxygen atoms in total. The van der Waals surface area contributed by atoms with E-state index in [0.29, 0.717) is 24.0 Å². The van der Waals surface area contributed by atoms with E-state index < -0.39 is 11.6 Å². The SMILES string of the molecule is CC(C)CSCc1noc(C2(C(F)(F)F)CCNC2)n1. The normalized spacial score (nSPS) is 23.7. The Morgan fingerprint density at radius 1 is 1.45 bits per heavy atom. The van der Waals surface area contributed by atoms with Crippen LogP contribution in [0.1, 0.15) is 32.0 Å². The molecule has 1 unspecified atom stereocenters. The average molecular weight is 309 g/mol. The van der Waals surface area contributed by atoms with Crippen molar-refractivity contribution in [2.24, 2.45) is 5.92 Å². The Bertz CT molecular complexity index is 441. The van der Waals surface area contributed by atoms with Gasteiger partial charge in [0.1, 0.15) is 0 Å². The van der Waals surface area contributed by atoms with Crippen molar-refractivity contribution in [1.82, 2.24) is 15.5 Å². The number of alkyl halides is 3. The molecule has 114 valence electrons. The Labute approximate surface area is 119 Å². The van der Waals surface area contributed by atoms with E-state index in [-0.39, 0.29) is 18.9 Å². The van der Waals surface area contributed by atoms with Gasteiger partial charge in [0.2, 0.25) is 5.89 Å². The van der Waals surface area contributed by atoms with E-state index in [2.05, 4.69) is 29.3 Å². The van der Waals surface area contributed by atoms with Gasteiger partial charge >= 0.3 is 6.18 Å². The molecular formula is C12H18F3N3OS. The zero-order chi connectivity index (χ0) is 14.8. The molecule has 1 atom stereocenters. The molecule has 1 N–H and O–H groups in total. The Kier molecular flexibility index (Phi) is 4.63. The second-order valence-electron chi connectivity index (χ2n) is 5.43. The summed E-state index contributed by atoms with van der Waals surface area (Å²) in [6.07, 6.45) is -4.44. The van der Waals surface area contributed by atoms with Crippen LogP contribution in [0.15, 0.2) is 4.52 Å². The van der Waals surface area contributed by atoms with Gasteiger partial charge in [-0.1, -0.05) is 19.0 Å². The van der Waals surface area contributed by atoms with Gasteiger partial charge in [0.25, 0.3) is 0 Å². The zero-order valence-corrected chi connectivity index (χ0v) is 12.3. The molecule has 1 saturated heterocycles. The van der Waals surface area contributed by atoms with Crippen LogP contribution in [-0.2, 0) is 11.2 Å². The minimum absolute atomic E-state index is 0.0583. The topological polar surface area (TPSA) is 51.0 Å². The maximum Gasteiger partial charge on any atom is 0.404 e. The second kappa shape index (κ2) is 5.93. The summed E-state index contributed by atoms with van der Waals surface area (Å²) in [5, 5.41) is 6.41. The summed E-state index contributed by atoms with van der Waals surface area (Å²) in [6, 6.07) is 0. The van der Waals surface area contributed by atoms with Crippen molar-refractivity contribution >= 4 is 11.8 Å². The molecule has 0 aliphatic carbocycles. The van der Waals surface area contributed by atoms with Crippen LogP contribution in [0.5, 0.6) is 0 Å². The minimum Gasteiger partial charge on any atom is -0.338 e. The van der Waals surface area contributed by atoms with Crippen molar-refractivity contribution < 1.29 is 17.7 Å². The van der Waals surface area contributed by atoms with E-state index in [1.165, 1.54) is 0 Å². The fraction of sp³-hybridized carbons (Fsp3) is 0.833. The molecule has 0 bridgehead atoms. The van der Waals surface area contributed by atoms with Crippen LogP contribution in [0, 0.1) is 5.92 Å². The molecule has 0 amide bonds. The first-order valence-electron chi connectivity index (χ1n) is 6.53. The van der Waals surface area contributed by atoms with E-state index in [1.807, 2.05) is 0 Å². The lowest BCUT2D eigenvalue weighted by Crippen LogP contribution is -2.44. The summed E-state index contributed by atoms with van der Waals surface area (Å²) in [4.78, 5) is 3.97. The molecule has 1 aromatic heterocycles. The number of aromatic nitrogens is 2. The number of nitrogens with zero attached hydrogens (tertiary/aromatic N) is 2. The van der Waals surface area contributed by atoms with Crippen LogP contribution in [0.25, 0.3) is 0 Å². The van der Waals surface area contributed by atoms with Gasteiger partial charge in [-0.3, -0.25) is 0 Å². The predicted octanol–water partition coefficient (Wildman–Crippen LogP) is 2.75. The van der Waals surface area contributed by atoms with E-state index in [1.54, 1.807) is 11.8 Å². The highest BCUT2D eigenvalue weighted by atomic mass is 32.2. The van der Waals surface area contributed by atoms with Gasteiger partial charge in [-0.05, 0) is 24.6 Å². The van der Waals surface area contributed by atoms with Gasteiger partial charge in [0.05, 0.1) is 5.75 Å². The highest BCUT2D eigenvalue weighted by Gasteiger charge is 2.61. The van der Waals surface area contributed by atoms with E-state index in [4.69, 9.17) is 4.52 Å². The van der Waals surface area contributed by atoms with Crippen molar-refractivity contribution in [3.8, 4) is 0 Å². The minimum atomic E-state index is -4.38. The van der Waals surface area contributed by atoms with Crippen LogP contribution in [-0.4, -0.2) is 35.2 Å². The number of hydrogen-bond acceptors (Lipinski definition) is 5. The third-order valence-corrected chi connectivity index (χ3v) is 4.62. The van der Waals surface area contributed by atoms with E-state index in [0.717, 1.165) is 5.75 Å². The number of nitrogens with one attached hydrogen (secondary N) is 1. The molecule has 0 aromatic carbocycles. The highest BCUT2D eigenvalue weighted by Crippen LogP contribution is 2.44. The standard InChI is InChI=1S/C12H18F3N3OS/c1-8(2)5-20-6-9-17-10(19-18-9)11(12(13,14)15)3-4-16-7-11/h8,16H,3-7H2,1-2H3. The lowest BCUT2D eigenvalue weighted by molar-refractivity contribution is -0.191. The van der Waals surface area contributed by atoms with Crippen LogP contribution < -0.4 is 5.32 Å². The molecule has 0 saturated carbocycles. The number of rotatable bonds is 5. The number of halogens is 3. The lowest BCUT2D eigenvalue weighted by Gasteiger charge is -2.26. The van der Waals surface area contributed by atoms with E-state index >= 15 is 0 Å². The number of hydrogen-bond donors (Lipinski definition) is 1. The monoisotopic (exact) mass is 309 g/mol. The van der Waals surface area contributed by atoms with Crippen molar-refractivity contribution in [3.63, 3.8) is 0 Å². The highest BCUT2D eigenvalue weighted by molar-refractivity contribution is 7.98. The molecule has 1 aromatic rings. The average Bonchev–Trinajstić information content (AvgIpc) is 2.95. The van der Waals surface area contributed by atoms with Crippen LogP contribution in [0.3, 0.4) is 0 Å². The Hall–Kier alpha value is -0.760. The smallest absolute Gasteiger partial charge is 0.338 e. The lowest BCUT2D eigenvalue weighted by atomic mass is 9.86. The molecule has 20 heavy (non-hydrogen) atoms. The first kappa shape index (κ1) is 15.6. The van der Waals surface area contributed by atoms with Crippen molar-refractivity contribution in [3.05, 3.63) is 11.7 Å². The fourth-order valence-electron chi connectivity index (χ4n) is 2.13. The van der Waals surface area contributed by atoms with Crippen LogP contribution >= 0.6 is 11.8 Å². The largest absolute Gasteiger partial charge is 0.404 e. The molecule has 2 heterocycles. The van der Waals surface area contributed by atoms with Gasteiger partial charge in [-0.2, -0.15) is 29.9 Å². The summed E-state index contributed by atoms with van der Waals surface area (Å²) >= 11 is 1.59. The molecule has 1 aliphatic rings.